The number of nitrogen functional groups attached to an aromatic ring is 1. The molecule has 0 radical (unpaired) electrons. The summed E-state index contributed by atoms with van der Waals surface area (Å²) in [5, 5.41) is 13.6. The molecule has 2 aromatic rings. The lowest BCUT2D eigenvalue weighted by molar-refractivity contribution is 0.0944. The normalized spacial score (nSPS) is 11.7. The summed E-state index contributed by atoms with van der Waals surface area (Å²) in [5.74, 6) is 0.685. The molecule has 0 aliphatic heterocycles. The van der Waals surface area contributed by atoms with Gasteiger partial charge in [0.15, 0.2) is 0 Å². The van der Waals surface area contributed by atoms with Gasteiger partial charge in [-0.15, -0.1) is 0 Å². The van der Waals surface area contributed by atoms with E-state index in [1.54, 1.807) is 19.9 Å². The summed E-state index contributed by atoms with van der Waals surface area (Å²) in [6.45, 7) is 3.88. The molecule has 5 heteroatoms. The molecule has 4 N–H and O–H groups in total. The minimum absolute atomic E-state index is 0.411. The molecular weight excluding hydrogens is 216 g/mol. The number of nitrogens with one attached hydrogen (secondary N) is 1. The number of anilines is 2. The first kappa shape index (κ1) is 11.6. The van der Waals surface area contributed by atoms with Crippen molar-refractivity contribution in [3.63, 3.8) is 0 Å². The van der Waals surface area contributed by atoms with Crippen molar-refractivity contribution < 1.29 is 5.11 Å². The van der Waals surface area contributed by atoms with Gasteiger partial charge in [-0.2, -0.15) is 0 Å². The van der Waals surface area contributed by atoms with Gasteiger partial charge < -0.3 is 16.2 Å². The maximum absolute atomic E-state index is 9.68. The number of hydrogen-bond acceptors (Lipinski definition) is 5. The van der Waals surface area contributed by atoms with Crippen molar-refractivity contribution in [1.82, 2.24) is 9.97 Å². The monoisotopic (exact) mass is 232 g/mol. The van der Waals surface area contributed by atoms with Gasteiger partial charge in [0.1, 0.15) is 12.1 Å². The first-order valence-corrected chi connectivity index (χ1v) is 5.42. The zero-order valence-corrected chi connectivity index (χ0v) is 9.94. The van der Waals surface area contributed by atoms with E-state index in [-0.39, 0.29) is 0 Å². The summed E-state index contributed by atoms with van der Waals surface area (Å²) >= 11 is 0. The van der Waals surface area contributed by atoms with Gasteiger partial charge >= 0.3 is 0 Å². The van der Waals surface area contributed by atoms with E-state index >= 15 is 0 Å². The molecule has 0 unspecified atom stereocenters. The molecule has 0 fully saturated rings. The second-order valence-electron chi connectivity index (χ2n) is 4.66. The molecule has 0 spiro atoms. The fourth-order valence-corrected chi connectivity index (χ4v) is 1.52. The van der Waals surface area contributed by atoms with Gasteiger partial charge in [0, 0.05) is 17.6 Å². The molecule has 0 atom stereocenters. The van der Waals surface area contributed by atoms with Gasteiger partial charge in [0.2, 0.25) is 0 Å². The topological polar surface area (TPSA) is 84.1 Å². The van der Waals surface area contributed by atoms with E-state index in [1.165, 1.54) is 6.33 Å². The van der Waals surface area contributed by atoms with E-state index in [0.29, 0.717) is 18.1 Å². The summed E-state index contributed by atoms with van der Waals surface area (Å²) < 4.78 is 0. The van der Waals surface area contributed by atoms with E-state index in [2.05, 4.69) is 15.3 Å². The van der Waals surface area contributed by atoms with Crippen molar-refractivity contribution >= 4 is 22.4 Å². The minimum atomic E-state index is -0.794. The smallest absolute Gasteiger partial charge is 0.137 e. The zero-order valence-electron chi connectivity index (χ0n) is 9.94. The van der Waals surface area contributed by atoms with Gasteiger partial charge in [-0.05, 0) is 32.0 Å². The molecule has 1 aromatic carbocycles. The van der Waals surface area contributed by atoms with Crippen LogP contribution >= 0.6 is 0 Å². The van der Waals surface area contributed by atoms with Gasteiger partial charge in [0.05, 0.1) is 11.1 Å². The largest absolute Gasteiger partial charge is 0.399 e. The van der Waals surface area contributed by atoms with Crippen LogP contribution in [0.3, 0.4) is 0 Å². The Kier molecular flexibility index (Phi) is 2.85. The Morgan fingerprint density at radius 3 is 2.82 bits per heavy atom. The molecule has 1 aromatic heterocycles. The van der Waals surface area contributed by atoms with E-state index < -0.39 is 5.60 Å². The molecule has 5 nitrogen and oxygen atoms in total. The van der Waals surface area contributed by atoms with Crippen molar-refractivity contribution in [3.05, 3.63) is 24.5 Å². The average Bonchev–Trinajstić information content (AvgIpc) is 2.25. The third-order valence-electron chi connectivity index (χ3n) is 2.35. The summed E-state index contributed by atoms with van der Waals surface area (Å²) in [5.41, 5.74) is 6.44. The van der Waals surface area contributed by atoms with Crippen LogP contribution < -0.4 is 11.1 Å². The van der Waals surface area contributed by atoms with Gasteiger partial charge in [0.25, 0.3) is 0 Å². The van der Waals surface area contributed by atoms with E-state index in [0.717, 1.165) is 10.9 Å². The highest BCUT2D eigenvalue weighted by Gasteiger charge is 2.13. The Labute approximate surface area is 99.7 Å². The molecule has 0 saturated carbocycles. The lowest BCUT2D eigenvalue weighted by atomic mass is 10.1. The Bertz CT molecular complexity index is 534. The van der Waals surface area contributed by atoms with Crippen LogP contribution in [0.4, 0.5) is 11.5 Å². The second kappa shape index (κ2) is 4.18. The molecule has 0 aliphatic carbocycles. The van der Waals surface area contributed by atoms with Crippen LogP contribution in [0.5, 0.6) is 0 Å². The second-order valence-corrected chi connectivity index (χ2v) is 4.66. The average molecular weight is 232 g/mol. The molecule has 0 saturated heterocycles. The molecular formula is C12H16N4O. The third kappa shape index (κ3) is 2.82. The first-order valence-electron chi connectivity index (χ1n) is 5.42. The van der Waals surface area contributed by atoms with Crippen LogP contribution in [0.15, 0.2) is 24.5 Å². The van der Waals surface area contributed by atoms with E-state index in [4.69, 9.17) is 5.73 Å². The first-order chi connectivity index (χ1) is 7.96. The van der Waals surface area contributed by atoms with Gasteiger partial charge in [-0.25, -0.2) is 9.97 Å². The summed E-state index contributed by atoms with van der Waals surface area (Å²) in [7, 11) is 0. The van der Waals surface area contributed by atoms with Crippen LogP contribution in [-0.4, -0.2) is 27.2 Å². The fourth-order valence-electron chi connectivity index (χ4n) is 1.52. The van der Waals surface area contributed by atoms with E-state index in [1.807, 2.05) is 12.1 Å². The standard InChI is InChI=1S/C12H16N4O/c1-12(2,17)6-14-11-9-5-8(13)3-4-10(9)15-7-16-11/h3-5,7,17H,6,13H2,1-2H3,(H,14,15,16). The summed E-state index contributed by atoms with van der Waals surface area (Å²) in [4.78, 5) is 8.32. The lowest BCUT2D eigenvalue weighted by Crippen LogP contribution is -2.29. The van der Waals surface area contributed by atoms with Crippen molar-refractivity contribution in [3.8, 4) is 0 Å². The molecule has 1 heterocycles. The predicted molar refractivity (Wildman–Crippen MR) is 68.7 cm³/mol. The van der Waals surface area contributed by atoms with Crippen LogP contribution in [0.2, 0.25) is 0 Å². The Balaban J connectivity index is 2.36. The van der Waals surface area contributed by atoms with Crippen LogP contribution in [0.25, 0.3) is 10.9 Å². The van der Waals surface area contributed by atoms with Crippen LogP contribution in [0.1, 0.15) is 13.8 Å². The van der Waals surface area contributed by atoms with Crippen molar-refractivity contribution in [2.24, 2.45) is 0 Å². The predicted octanol–water partition coefficient (Wildman–Crippen LogP) is 1.39. The third-order valence-corrected chi connectivity index (χ3v) is 2.35. The zero-order chi connectivity index (χ0) is 12.5. The van der Waals surface area contributed by atoms with Crippen molar-refractivity contribution in [2.75, 3.05) is 17.6 Å². The minimum Gasteiger partial charge on any atom is -0.399 e. The fraction of sp³-hybridized carbons (Fsp3) is 0.333. The number of aromatic nitrogens is 2. The number of rotatable bonds is 3. The van der Waals surface area contributed by atoms with Crippen LogP contribution in [0, 0.1) is 0 Å². The Hall–Kier alpha value is -1.88. The van der Waals surface area contributed by atoms with E-state index in [9.17, 15) is 5.11 Å². The van der Waals surface area contributed by atoms with Crippen molar-refractivity contribution in [1.29, 1.82) is 0 Å². The molecule has 2 rings (SSSR count). The molecule has 0 amide bonds. The van der Waals surface area contributed by atoms with Crippen molar-refractivity contribution in [2.45, 2.75) is 19.4 Å². The quantitative estimate of drug-likeness (QED) is 0.696. The number of hydrogen-bond donors (Lipinski definition) is 3. The maximum atomic E-state index is 9.68. The number of fused-ring (bicyclic) bond motifs is 1. The number of nitrogens with zero attached hydrogens (tertiary/aromatic N) is 2. The SMILES string of the molecule is CC(C)(O)CNc1ncnc2ccc(N)cc12. The summed E-state index contributed by atoms with van der Waals surface area (Å²) in [6.07, 6.45) is 1.49. The number of aliphatic hydroxyl groups is 1. The number of nitrogens with two attached hydrogens (primary N) is 1. The molecule has 0 bridgehead atoms. The van der Waals surface area contributed by atoms with Crippen LogP contribution in [-0.2, 0) is 0 Å². The highest BCUT2D eigenvalue weighted by molar-refractivity contribution is 5.91. The lowest BCUT2D eigenvalue weighted by Gasteiger charge is -2.18. The van der Waals surface area contributed by atoms with Gasteiger partial charge in [-0.1, -0.05) is 0 Å². The van der Waals surface area contributed by atoms with Gasteiger partial charge in [-0.3, -0.25) is 0 Å². The number of benzene rings is 1. The molecule has 17 heavy (non-hydrogen) atoms. The summed E-state index contributed by atoms with van der Waals surface area (Å²) in [6, 6.07) is 5.47. The molecule has 90 valence electrons. The highest BCUT2D eigenvalue weighted by Crippen LogP contribution is 2.21. The maximum Gasteiger partial charge on any atom is 0.137 e. The Morgan fingerprint density at radius 1 is 1.35 bits per heavy atom. The highest BCUT2D eigenvalue weighted by atomic mass is 16.3. The Morgan fingerprint density at radius 2 is 2.12 bits per heavy atom. The molecule has 0 aliphatic rings.